The van der Waals surface area contributed by atoms with Crippen LogP contribution in [0.15, 0.2) is 55.0 Å². The van der Waals surface area contributed by atoms with E-state index in [0.29, 0.717) is 13.0 Å². The number of amides is 1. The zero-order chi connectivity index (χ0) is 31.6. The van der Waals surface area contributed by atoms with E-state index in [-0.39, 0.29) is 40.4 Å². The molecular weight excluding hydrogens is 613 g/mol. The number of carbonyl (C=O) groups is 1. The van der Waals surface area contributed by atoms with Crippen molar-refractivity contribution in [2.45, 2.75) is 32.0 Å². The molecule has 1 amide bonds. The lowest BCUT2D eigenvalue weighted by Gasteiger charge is -2.28. The van der Waals surface area contributed by atoms with Gasteiger partial charge in [-0.25, -0.2) is 22.8 Å². The molecule has 0 radical (unpaired) electrons. The van der Waals surface area contributed by atoms with Gasteiger partial charge < -0.3 is 24.7 Å². The SMILES string of the molecule is COc1cc(C(=O)NCCn2ccnc2C)c(F)cc1Nc1ncc(Cl)c(O[C@@H]2Cc3ccccc3[C@H]2N(C)S(C)(=O)=O)n1. The van der Waals surface area contributed by atoms with Crippen molar-refractivity contribution in [2.75, 3.05) is 32.3 Å². The number of hydrogen-bond donors (Lipinski definition) is 2. The summed E-state index contributed by atoms with van der Waals surface area (Å²) < 4.78 is 54.8. The van der Waals surface area contributed by atoms with Crippen molar-refractivity contribution in [1.29, 1.82) is 0 Å². The van der Waals surface area contributed by atoms with Gasteiger partial charge in [-0.05, 0) is 24.1 Å². The molecule has 1 aliphatic rings. The van der Waals surface area contributed by atoms with Gasteiger partial charge in [0.25, 0.3) is 5.91 Å². The first kappa shape index (κ1) is 31.2. The lowest BCUT2D eigenvalue weighted by molar-refractivity contribution is 0.0947. The Labute approximate surface area is 259 Å². The van der Waals surface area contributed by atoms with Crippen LogP contribution in [0, 0.1) is 12.7 Å². The molecule has 232 valence electrons. The molecule has 2 atom stereocenters. The molecule has 1 aliphatic carbocycles. The van der Waals surface area contributed by atoms with E-state index in [1.807, 2.05) is 35.8 Å². The number of fused-ring (bicyclic) bond motifs is 1. The number of benzene rings is 2. The van der Waals surface area contributed by atoms with Gasteiger partial charge in [0.2, 0.25) is 21.9 Å². The minimum atomic E-state index is -3.56. The lowest BCUT2D eigenvalue weighted by atomic mass is 10.1. The number of likely N-dealkylation sites (N-methyl/N-ethyl adjacent to an activating group) is 1. The molecule has 44 heavy (non-hydrogen) atoms. The smallest absolute Gasteiger partial charge is 0.254 e. The van der Waals surface area contributed by atoms with Crippen molar-refractivity contribution < 1.29 is 27.1 Å². The Balaban J connectivity index is 1.34. The van der Waals surface area contributed by atoms with Crippen molar-refractivity contribution in [3.05, 3.63) is 88.3 Å². The first-order valence-corrected chi connectivity index (χ1v) is 15.8. The average molecular weight is 644 g/mol. The van der Waals surface area contributed by atoms with Crippen LogP contribution in [0.5, 0.6) is 11.6 Å². The van der Waals surface area contributed by atoms with Crippen LogP contribution >= 0.6 is 11.6 Å². The molecule has 0 saturated carbocycles. The zero-order valence-electron chi connectivity index (χ0n) is 24.4. The molecular formula is C29H31ClFN7O5S. The molecule has 15 heteroatoms. The maximum Gasteiger partial charge on any atom is 0.254 e. The number of halogens is 2. The standard InChI is InChI=1S/C29H31ClFN7O5S/c1-17-32-9-11-38(17)12-10-33-27(39)20-14-24(42-3)23(15-22(20)31)35-29-34-16-21(30)28(36-29)43-25-13-18-7-5-6-8-19(18)26(25)37(2)44(4,40)41/h5-9,11,14-16,25-26H,10,12-13H2,1-4H3,(H,33,39)(H,34,35,36)/t25-,26-/m1/s1. The molecule has 0 fully saturated rings. The van der Waals surface area contributed by atoms with Crippen molar-refractivity contribution >= 4 is 39.2 Å². The van der Waals surface area contributed by atoms with Crippen molar-refractivity contribution in [3.8, 4) is 11.6 Å². The topological polar surface area (TPSA) is 141 Å². The number of sulfonamides is 1. The lowest BCUT2D eigenvalue weighted by Crippen LogP contribution is -2.38. The van der Waals surface area contributed by atoms with Crippen LogP contribution < -0.4 is 20.1 Å². The Hall–Kier alpha value is -4.27. The van der Waals surface area contributed by atoms with Crippen LogP contribution in [0.2, 0.25) is 5.02 Å². The van der Waals surface area contributed by atoms with Crippen LogP contribution in [0.4, 0.5) is 16.0 Å². The maximum atomic E-state index is 15.1. The number of aromatic nitrogens is 4. The van der Waals surface area contributed by atoms with Crippen LogP contribution in [0.25, 0.3) is 0 Å². The molecule has 0 bridgehead atoms. The number of carbonyl (C=O) groups excluding carboxylic acids is 1. The Morgan fingerprint density at radius 1 is 1.25 bits per heavy atom. The third kappa shape index (κ3) is 6.61. The molecule has 0 unspecified atom stereocenters. The van der Waals surface area contributed by atoms with E-state index in [1.54, 1.807) is 12.4 Å². The number of ether oxygens (including phenoxy) is 2. The summed E-state index contributed by atoms with van der Waals surface area (Å²) in [5.74, 6) is -0.393. The van der Waals surface area contributed by atoms with Gasteiger partial charge in [0.05, 0.1) is 36.9 Å². The highest BCUT2D eigenvalue weighted by molar-refractivity contribution is 7.88. The fourth-order valence-corrected chi connectivity index (χ4v) is 5.85. The largest absolute Gasteiger partial charge is 0.495 e. The number of nitrogens with zero attached hydrogens (tertiary/aromatic N) is 5. The number of methoxy groups -OCH3 is 1. The quantitative estimate of drug-likeness (QED) is 0.249. The summed E-state index contributed by atoms with van der Waals surface area (Å²) in [4.78, 5) is 25.4. The van der Waals surface area contributed by atoms with E-state index in [9.17, 15) is 13.2 Å². The minimum Gasteiger partial charge on any atom is -0.495 e. The van der Waals surface area contributed by atoms with Gasteiger partial charge in [0.1, 0.15) is 28.5 Å². The highest BCUT2D eigenvalue weighted by Crippen LogP contribution is 2.40. The van der Waals surface area contributed by atoms with Crippen LogP contribution in [0.3, 0.4) is 0 Å². The zero-order valence-corrected chi connectivity index (χ0v) is 26.0. The second-order valence-electron chi connectivity index (χ2n) is 10.2. The second-order valence-corrected chi connectivity index (χ2v) is 12.7. The molecule has 0 aliphatic heterocycles. The molecule has 2 aromatic carbocycles. The Bertz CT molecular complexity index is 1800. The number of rotatable bonds is 11. The van der Waals surface area contributed by atoms with E-state index in [4.69, 9.17) is 21.1 Å². The van der Waals surface area contributed by atoms with E-state index in [0.717, 1.165) is 29.3 Å². The van der Waals surface area contributed by atoms with E-state index < -0.39 is 33.9 Å². The van der Waals surface area contributed by atoms with Crippen molar-refractivity contribution in [3.63, 3.8) is 0 Å². The van der Waals surface area contributed by atoms with Crippen LogP contribution in [-0.2, 0) is 23.0 Å². The fourth-order valence-electron chi connectivity index (χ4n) is 5.06. The predicted octanol–water partition coefficient (Wildman–Crippen LogP) is 3.89. The molecule has 0 spiro atoms. The van der Waals surface area contributed by atoms with Gasteiger partial charge in [0, 0.05) is 45.0 Å². The number of nitrogens with one attached hydrogen (secondary N) is 2. The van der Waals surface area contributed by atoms with Gasteiger partial charge in [-0.1, -0.05) is 35.9 Å². The average Bonchev–Trinajstić information content (AvgIpc) is 3.56. The summed E-state index contributed by atoms with van der Waals surface area (Å²) in [6, 6.07) is 9.28. The molecule has 2 heterocycles. The van der Waals surface area contributed by atoms with E-state index in [1.165, 1.54) is 30.7 Å². The van der Waals surface area contributed by atoms with E-state index >= 15 is 4.39 Å². The van der Waals surface area contributed by atoms with Gasteiger partial charge in [-0.2, -0.15) is 9.29 Å². The third-order valence-corrected chi connectivity index (χ3v) is 8.91. The number of anilines is 2. The van der Waals surface area contributed by atoms with Crippen molar-refractivity contribution in [2.24, 2.45) is 0 Å². The maximum absolute atomic E-state index is 15.1. The predicted molar refractivity (Wildman–Crippen MR) is 162 cm³/mol. The summed E-state index contributed by atoms with van der Waals surface area (Å²) in [6.07, 6.45) is 5.70. The molecule has 12 nitrogen and oxygen atoms in total. The summed E-state index contributed by atoms with van der Waals surface area (Å²) in [5, 5.41) is 5.69. The van der Waals surface area contributed by atoms with Gasteiger partial charge in [0.15, 0.2) is 0 Å². The summed E-state index contributed by atoms with van der Waals surface area (Å²) >= 11 is 6.38. The van der Waals surface area contributed by atoms with Crippen LogP contribution in [-0.4, -0.2) is 71.2 Å². The first-order valence-electron chi connectivity index (χ1n) is 13.6. The summed E-state index contributed by atoms with van der Waals surface area (Å²) in [5.41, 5.74) is 1.74. The summed E-state index contributed by atoms with van der Waals surface area (Å²) in [6.45, 7) is 2.60. The van der Waals surface area contributed by atoms with Gasteiger partial charge in [-0.15, -0.1) is 0 Å². The minimum absolute atomic E-state index is 0.0115. The Kier molecular flexibility index (Phi) is 9.04. The van der Waals surface area contributed by atoms with Gasteiger partial charge >= 0.3 is 0 Å². The molecule has 2 N–H and O–H groups in total. The highest BCUT2D eigenvalue weighted by atomic mass is 35.5. The number of hydrogen-bond acceptors (Lipinski definition) is 9. The van der Waals surface area contributed by atoms with Gasteiger partial charge in [-0.3, -0.25) is 4.79 Å². The molecule has 4 aromatic rings. The highest BCUT2D eigenvalue weighted by Gasteiger charge is 2.40. The fraction of sp³-hybridized carbons (Fsp3) is 0.310. The number of imidazole rings is 1. The Morgan fingerprint density at radius 3 is 2.73 bits per heavy atom. The second kappa shape index (κ2) is 12.8. The first-order chi connectivity index (χ1) is 21.0. The molecule has 5 rings (SSSR count). The van der Waals surface area contributed by atoms with Crippen molar-refractivity contribution in [1.82, 2.24) is 29.1 Å². The number of aryl methyl sites for hydroxylation is 1. The molecule has 2 aromatic heterocycles. The summed E-state index contributed by atoms with van der Waals surface area (Å²) in [7, 11) is -0.676. The third-order valence-electron chi connectivity index (χ3n) is 7.38. The molecule has 0 saturated heterocycles. The van der Waals surface area contributed by atoms with Crippen LogP contribution in [0.1, 0.15) is 33.4 Å². The normalized spacial score (nSPS) is 16.1. The Morgan fingerprint density at radius 2 is 2.02 bits per heavy atom. The monoisotopic (exact) mass is 643 g/mol. The van der Waals surface area contributed by atoms with E-state index in [2.05, 4.69) is 25.6 Å².